The second kappa shape index (κ2) is 3.35. The molecule has 0 spiro atoms. The zero-order valence-electron chi connectivity index (χ0n) is 9.67. The fourth-order valence-electron chi connectivity index (χ4n) is 2.77. The number of hydrogen-bond acceptors (Lipinski definition) is 6. The van der Waals surface area contributed by atoms with Crippen molar-refractivity contribution in [2.75, 3.05) is 6.61 Å². The van der Waals surface area contributed by atoms with Crippen LogP contribution in [0, 0.1) is 5.92 Å². The van der Waals surface area contributed by atoms with Crippen LogP contribution >= 0.6 is 0 Å². The van der Waals surface area contributed by atoms with Crippen LogP contribution in [0.15, 0.2) is 0 Å². The Hall–Kier alpha value is -1.30. The third-order valence-corrected chi connectivity index (χ3v) is 3.83. The lowest BCUT2D eigenvalue weighted by molar-refractivity contribution is -0.146. The van der Waals surface area contributed by atoms with Crippen LogP contribution in [0.1, 0.15) is 20.3 Å². The monoisotopic (exact) mass is 242 g/mol. The van der Waals surface area contributed by atoms with Gasteiger partial charge in [-0.1, -0.05) is 0 Å². The second-order valence-electron chi connectivity index (χ2n) is 4.95. The first-order valence-corrected chi connectivity index (χ1v) is 5.69. The molecule has 0 bridgehead atoms. The standard InChI is InChI=1S/C11H14O6/c1-5(12)14-4-6-3-7-8(15-7)9-11(6,2)17-10(13)16-9/h6-9H,3-4H2,1-2H3. The van der Waals surface area contributed by atoms with E-state index in [1.165, 1.54) is 6.92 Å². The SMILES string of the molecule is CC(=O)OCC1CC2OC2C2OC(=O)OC12C. The molecule has 2 saturated heterocycles. The number of carbonyl (C=O) groups is 2. The largest absolute Gasteiger partial charge is 0.509 e. The van der Waals surface area contributed by atoms with Crippen LogP contribution in [-0.4, -0.2) is 42.6 Å². The molecule has 3 rings (SSSR count). The van der Waals surface area contributed by atoms with E-state index < -0.39 is 11.8 Å². The third-order valence-electron chi connectivity index (χ3n) is 3.83. The first-order chi connectivity index (χ1) is 8.00. The fourth-order valence-corrected chi connectivity index (χ4v) is 2.77. The molecule has 0 radical (unpaired) electrons. The molecule has 1 aliphatic carbocycles. The van der Waals surface area contributed by atoms with Gasteiger partial charge in [-0.25, -0.2) is 4.79 Å². The van der Waals surface area contributed by atoms with Crippen molar-refractivity contribution in [2.45, 2.75) is 44.2 Å². The summed E-state index contributed by atoms with van der Waals surface area (Å²) in [5, 5.41) is 0. The van der Waals surface area contributed by atoms with Crippen molar-refractivity contribution in [3.8, 4) is 0 Å². The molecule has 0 N–H and O–H groups in total. The minimum Gasteiger partial charge on any atom is -0.465 e. The van der Waals surface area contributed by atoms with E-state index in [9.17, 15) is 9.59 Å². The Morgan fingerprint density at radius 2 is 2.35 bits per heavy atom. The van der Waals surface area contributed by atoms with Crippen LogP contribution in [0.3, 0.4) is 0 Å². The molecular formula is C11H14O6. The number of hydrogen-bond donors (Lipinski definition) is 0. The van der Waals surface area contributed by atoms with Gasteiger partial charge in [0.1, 0.15) is 6.10 Å². The molecule has 5 atom stereocenters. The summed E-state index contributed by atoms with van der Waals surface area (Å²) in [4.78, 5) is 22.1. The van der Waals surface area contributed by atoms with Crippen molar-refractivity contribution < 1.29 is 28.5 Å². The van der Waals surface area contributed by atoms with Gasteiger partial charge in [0.25, 0.3) is 0 Å². The first kappa shape index (κ1) is 10.8. The Kier molecular flexibility index (Phi) is 2.13. The average Bonchev–Trinajstić information content (AvgIpc) is 2.92. The van der Waals surface area contributed by atoms with Gasteiger partial charge in [-0.05, 0) is 13.3 Å². The maximum Gasteiger partial charge on any atom is 0.509 e. The van der Waals surface area contributed by atoms with E-state index in [0.717, 1.165) is 6.42 Å². The summed E-state index contributed by atoms with van der Waals surface area (Å²) in [6.07, 6.45) is -0.277. The van der Waals surface area contributed by atoms with Crippen LogP contribution in [0.4, 0.5) is 4.79 Å². The van der Waals surface area contributed by atoms with E-state index in [1.54, 1.807) is 0 Å². The zero-order valence-corrected chi connectivity index (χ0v) is 9.67. The van der Waals surface area contributed by atoms with E-state index in [4.69, 9.17) is 18.9 Å². The maximum absolute atomic E-state index is 11.3. The van der Waals surface area contributed by atoms with Gasteiger partial charge in [-0.15, -0.1) is 0 Å². The summed E-state index contributed by atoms with van der Waals surface area (Å²) in [7, 11) is 0. The van der Waals surface area contributed by atoms with E-state index in [0.29, 0.717) is 0 Å². The van der Waals surface area contributed by atoms with Crippen LogP contribution in [0.2, 0.25) is 0 Å². The van der Waals surface area contributed by atoms with Crippen LogP contribution in [0.5, 0.6) is 0 Å². The lowest BCUT2D eigenvalue weighted by atomic mass is 9.75. The van der Waals surface area contributed by atoms with Crippen LogP contribution < -0.4 is 0 Å². The number of epoxide rings is 1. The molecule has 0 amide bonds. The van der Waals surface area contributed by atoms with Gasteiger partial charge in [0.05, 0.1) is 12.7 Å². The number of carbonyl (C=O) groups excluding carboxylic acids is 2. The van der Waals surface area contributed by atoms with Crippen molar-refractivity contribution in [1.82, 2.24) is 0 Å². The van der Waals surface area contributed by atoms with Gasteiger partial charge in [-0.2, -0.15) is 0 Å². The van der Waals surface area contributed by atoms with E-state index in [2.05, 4.69) is 0 Å². The summed E-state index contributed by atoms with van der Waals surface area (Å²) >= 11 is 0. The number of esters is 1. The molecule has 3 fully saturated rings. The normalized spacial score (nSPS) is 46.4. The third kappa shape index (κ3) is 1.58. The summed E-state index contributed by atoms with van der Waals surface area (Å²) in [5.74, 6) is -0.416. The first-order valence-electron chi connectivity index (χ1n) is 5.69. The highest BCUT2D eigenvalue weighted by Gasteiger charge is 2.67. The molecule has 0 aromatic carbocycles. The highest BCUT2D eigenvalue weighted by molar-refractivity contribution is 5.66. The van der Waals surface area contributed by atoms with E-state index in [-0.39, 0.29) is 36.8 Å². The molecule has 6 nitrogen and oxygen atoms in total. The predicted molar refractivity (Wildman–Crippen MR) is 53.2 cm³/mol. The Morgan fingerprint density at radius 1 is 1.59 bits per heavy atom. The molecule has 17 heavy (non-hydrogen) atoms. The van der Waals surface area contributed by atoms with Crippen molar-refractivity contribution in [1.29, 1.82) is 0 Å². The fraction of sp³-hybridized carbons (Fsp3) is 0.818. The van der Waals surface area contributed by atoms with Crippen LogP contribution in [0.25, 0.3) is 0 Å². The molecule has 1 saturated carbocycles. The Bertz CT molecular complexity index is 380. The minimum atomic E-state index is -0.746. The summed E-state index contributed by atoms with van der Waals surface area (Å²) < 4.78 is 20.9. The van der Waals surface area contributed by atoms with Crippen LogP contribution in [-0.2, 0) is 23.7 Å². The van der Waals surface area contributed by atoms with Crippen molar-refractivity contribution in [3.63, 3.8) is 0 Å². The number of ether oxygens (including phenoxy) is 4. The smallest absolute Gasteiger partial charge is 0.465 e. The Morgan fingerprint density at radius 3 is 3.06 bits per heavy atom. The van der Waals surface area contributed by atoms with Gasteiger partial charge in [0.15, 0.2) is 11.7 Å². The average molecular weight is 242 g/mol. The molecule has 94 valence electrons. The highest BCUT2D eigenvalue weighted by Crippen LogP contribution is 2.51. The minimum absolute atomic E-state index is 0.0555. The quantitative estimate of drug-likeness (QED) is 0.522. The van der Waals surface area contributed by atoms with Crippen molar-refractivity contribution in [2.24, 2.45) is 5.92 Å². The molecule has 6 heteroatoms. The molecule has 0 aromatic rings. The van der Waals surface area contributed by atoms with Gasteiger partial charge >= 0.3 is 12.1 Å². The number of rotatable bonds is 2. The topological polar surface area (TPSA) is 74.4 Å². The van der Waals surface area contributed by atoms with Gasteiger partial charge in [-0.3, -0.25) is 4.79 Å². The van der Waals surface area contributed by atoms with Gasteiger partial charge in [0, 0.05) is 12.8 Å². The van der Waals surface area contributed by atoms with Gasteiger partial charge < -0.3 is 18.9 Å². The second-order valence-corrected chi connectivity index (χ2v) is 4.95. The Balaban J connectivity index is 1.78. The molecule has 2 aliphatic heterocycles. The van der Waals surface area contributed by atoms with Crippen molar-refractivity contribution >= 4 is 12.1 Å². The lowest BCUT2D eigenvalue weighted by Crippen LogP contribution is -2.52. The zero-order chi connectivity index (χ0) is 12.2. The summed E-state index contributed by atoms with van der Waals surface area (Å²) in [5.41, 5.74) is -0.746. The molecule has 2 heterocycles. The molecule has 3 aliphatic rings. The van der Waals surface area contributed by atoms with Gasteiger partial charge in [0.2, 0.25) is 0 Å². The summed E-state index contributed by atoms with van der Waals surface area (Å²) in [6, 6.07) is 0. The highest BCUT2D eigenvalue weighted by atomic mass is 16.8. The molecular weight excluding hydrogens is 228 g/mol. The van der Waals surface area contributed by atoms with E-state index in [1.807, 2.05) is 6.92 Å². The predicted octanol–water partition coefficient (Wildman–Crippen LogP) is 0.631. The Labute approximate surface area is 98.1 Å². The lowest BCUT2D eigenvalue weighted by Gasteiger charge is -2.36. The van der Waals surface area contributed by atoms with Crippen molar-refractivity contribution in [3.05, 3.63) is 0 Å². The summed E-state index contributed by atoms with van der Waals surface area (Å²) in [6.45, 7) is 3.40. The molecule has 0 aromatic heterocycles. The van der Waals surface area contributed by atoms with E-state index >= 15 is 0 Å². The molecule has 5 unspecified atom stereocenters. The maximum atomic E-state index is 11.3. The number of fused-ring (bicyclic) bond motifs is 3.